The van der Waals surface area contributed by atoms with E-state index in [0.717, 1.165) is 5.56 Å². The predicted molar refractivity (Wildman–Crippen MR) is 296 cm³/mol. The van der Waals surface area contributed by atoms with Gasteiger partial charge in [0.25, 0.3) is 22.2 Å². The largest absolute Gasteiger partial charge is 0.396 e. The number of nitrogens with zero attached hydrogens (tertiary/aromatic N) is 4. The van der Waals surface area contributed by atoms with E-state index in [1.807, 2.05) is 30.3 Å². The van der Waals surface area contributed by atoms with Crippen LogP contribution in [-0.2, 0) is 67.9 Å². The van der Waals surface area contributed by atoms with E-state index in [0.29, 0.717) is 18.6 Å². The molecule has 0 saturated carbocycles. The van der Waals surface area contributed by atoms with Crippen LogP contribution >= 0.6 is 0 Å². The fourth-order valence-electron chi connectivity index (χ4n) is 11.3. The number of benzene rings is 1. The van der Waals surface area contributed by atoms with Crippen LogP contribution in [0.15, 0.2) is 118 Å². The van der Waals surface area contributed by atoms with Crippen LogP contribution in [0.3, 0.4) is 0 Å². The van der Waals surface area contributed by atoms with Gasteiger partial charge in [0, 0.05) is 169 Å². The van der Waals surface area contributed by atoms with E-state index in [-0.39, 0.29) is 97.2 Å². The Hall–Kier alpha value is -5.66. The minimum absolute atomic E-state index is 0.105. The van der Waals surface area contributed by atoms with Gasteiger partial charge >= 0.3 is 22.8 Å². The summed E-state index contributed by atoms with van der Waals surface area (Å²) in [5.41, 5.74) is -4.14. The van der Waals surface area contributed by atoms with Gasteiger partial charge in [0.2, 0.25) is 0 Å². The molecule has 8 heterocycles. The third-order valence-electron chi connectivity index (χ3n) is 15.2. The summed E-state index contributed by atoms with van der Waals surface area (Å²) in [7, 11) is -5.84. The Morgan fingerprint density at radius 3 is 0.988 bits per heavy atom. The molecule has 0 spiro atoms. The summed E-state index contributed by atoms with van der Waals surface area (Å²) >= 11 is 0. The number of aromatic amines is 4. The van der Waals surface area contributed by atoms with Gasteiger partial charge in [0.1, 0.15) is 24.9 Å². The number of hydrogen-bond donors (Lipinski definition) is 5. The van der Waals surface area contributed by atoms with Crippen molar-refractivity contribution in [2.45, 2.75) is 106 Å². The molecule has 434 valence electrons. The van der Waals surface area contributed by atoms with Crippen LogP contribution < -0.4 is 45.0 Å². The lowest BCUT2D eigenvalue weighted by Gasteiger charge is -2.21. The van der Waals surface area contributed by atoms with Gasteiger partial charge in [-0.3, -0.25) is 74.2 Å². The van der Waals surface area contributed by atoms with Crippen molar-refractivity contribution in [3.05, 3.63) is 168 Å². The zero-order valence-electron chi connectivity index (χ0n) is 43.4. The summed E-state index contributed by atoms with van der Waals surface area (Å²) < 4.78 is 86.1. The van der Waals surface area contributed by atoms with Gasteiger partial charge in [0.05, 0.1) is 24.4 Å². The first-order valence-electron chi connectivity index (χ1n) is 26.4. The van der Waals surface area contributed by atoms with E-state index in [1.54, 1.807) is 0 Å². The van der Waals surface area contributed by atoms with E-state index in [2.05, 4.69) is 19.9 Å². The van der Waals surface area contributed by atoms with Gasteiger partial charge in [-0.1, -0.05) is 30.3 Å². The van der Waals surface area contributed by atoms with Gasteiger partial charge < -0.3 is 24.1 Å². The predicted octanol–water partition coefficient (Wildman–Crippen LogP) is -0.450. The Morgan fingerprint density at radius 1 is 0.412 bits per heavy atom. The Morgan fingerprint density at radius 2 is 0.700 bits per heavy atom. The van der Waals surface area contributed by atoms with Crippen molar-refractivity contribution < 1.29 is 40.9 Å². The summed E-state index contributed by atoms with van der Waals surface area (Å²) in [4.78, 5) is 108. The zero-order chi connectivity index (χ0) is 56.6. The minimum atomic E-state index is -1.55. The second-order valence-electron chi connectivity index (χ2n) is 20.6. The molecule has 5 aromatic rings. The Bertz CT molecular complexity index is 3560. The third-order valence-corrected chi connectivity index (χ3v) is 21.1. The van der Waals surface area contributed by atoms with Gasteiger partial charge in [-0.25, -0.2) is 19.2 Å². The summed E-state index contributed by atoms with van der Waals surface area (Å²) in [6.45, 7) is -0.211. The average molecular weight is 1190 g/mol. The number of rotatable bonds is 25. The van der Waals surface area contributed by atoms with Crippen LogP contribution in [0.1, 0.15) is 81.8 Å². The normalized spacial score (nSPS) is 28.2. The molecule has 29 heteroatoms. The third kappa shape index (κ3) is 15.1. The minimum Gasteiger partial charge on any atom is -0.396 e. The summed E-state index contributed by atoms with van der Waals surface area (Å²) in [5.74, 6) is -0.0662. The summed E-state index contributed by atoms with van der Waals surface area (Å²) in [6.07, 6.45) is 1.84. The molecule has 1 aromatic carbocycles. The van der Waals surface area contributed by atoms with Crippen molar-refractivity contribution in [3.63, 3.8) is 0 Å². The quantitative estimate of drug-likeness (QED) is 0.0494. The highest BCUT2D eigenvalue weighted by atomic mass is 32.2. The maximum atomic E-state index is 14.2. The second-order valence-corrected chi connectivity index (χ2v) is 27.0. The smallest absolute Gasteiger partial charge is 0.330 e. The molecule has 0 radical (unpaired) electrons. The Balaban J connectivity index is 0.851. The molecule has 0 bridgehead atoms. The molecule has 5 N–H and O–H groups in total. The highest BCUT2D eigenvalue weighted by Crippen LogP contribution is 2.40. The van der Waals surface area contributed by atoms with Crippen LogP contribution in [0.2, 0.25) is 0 Å². The van der Waals surface area contributed by atoms with E-state index in [1.165, 1.54) is 67.3 Å². The number of aliphatic hydroxyl groups is 1. The molecule has 4 aliphatic rings. The average Bonchev–Trinajstić information content (AvgIpc) is 4.21. The van der Waals surface area contributed by atoms with Crippen molar-refractivity contribution in [2.75, 3.05) is 46.9 Å². The van der Waals surface area contributed by atoms with Crippen molar-refractivity contribution >= 4 is 43.2 Å². The fraction of sp³-hybridized carbons (Fsp3) is 0.569. The molecule has 0 amide bonds. The summed E-state index contributed by atoms with van der Waals surface area (Å²) in [6, 6.07) is 14.2. The van der Waals surface area contributed by atoms with Crippen LogP contribution in [0, 0.1) is 23.7 Å². The first-order chi connectivity index (χ1) is 38.5. The molecule has 80 heavy (non-hydrogen) atoms. The van der Waals surface area contributed by atoms with E-state index in [4.69, 9.17) is 18.9 Å². The fourth-order valence-corrected chi connectivity index (χ4v) is 17.2. The molecule has 4 aliphatic heterocycles. The number of ether oxygens (including phenoxy) is 4. The van der Waals surface area contributed by atoms with Gasteiger partial charge in [-0.15, -0.1) is 0 Å². The standard InChI is InChI=1S/C51H64N8O17S4/c60-18-10-36-32(22-44(73-36)56-14-6-40(61)52-48(56)65)27-77(69)19-11-37-33(23-45(74-37)57-15-7-41(62)53-49(57)66)28-78(70)20-12-38-34(24-46(75-38)58-16-8-42(63)54-50(58)67)29-79(71)21-13-39-35(30-80(72)26-31-4-2-1-3-5-31)25-47(76-39)59-17-9-43(64)55-51(59)68/h1-9,14-17,32-39,44-47,60H,10-13,18-30H2,(H,52,61,65)(H,53,62,66)(H,54,63,67)(H,55,64,68)/t32-,33-,34-,35-,36-,37-,38-,39-,44-,45-,46-,47-,77?,78?,79?,80?/m1/s1. The van der Waals surface area contributed by atoms with Crippen molar-refractivity contribution in [1.29, 1.82) is 0 Å². The van der Waals surface area contributed by atoms with Gasteiger partial charge in [-0.05, 0) is 56.9 Å². The van der Waals surface area contributed by atoms with Crippen molar-refractivity contribution in [2.24, 2.45) is 23.7 Å². The molecule has 4 aromatic heterocycles. The highest BCUT2D eigenvalue weighted by molar-refractivity contribution is 7.85. The Kier molecular flexibility index (Phi) is 19.9. The monoisotopic (exact) mass is 1190 g/mol. The lowest BCUT2D eigenvalue weighted by atomic mass is 10.0. The number of aliphatic hydroxyl groups excluding tert-OH is 1. The van der Waals surface area contributed by atoms with Crippen molar-refractivity contribution in [3.8, 4) is 0 Å². The van der Waals surface area contributed by atoms with E-state index < -0.39 is 149 Å². The molecular weight excluding hydrogens is 1120 g/mol. The summed E-state index contributed by atoms with van der Waals surface area (Å²) in [5, 5.41) is 9.79. The maximum absolute atomic E-state index is 14.2. The molecule has 4 saturated heterocycles. The molecular formula is C51H64N8O17S4. The number of aromatic nitrogens is 8. The first-order valence-corrected chi connectivity index (χ1v) is 32.3. The topological polar surface area (TPSA) is 345 Å². The molecule has 4 unspecified atom stereocenters. The lowest BCUT2D eigenvalue weighted by Crippen LogP contribution is -2.31. The first kappa shape index (κ1) is 59.0. The number of hydrogen-bond acceptors (Lipinski definition) is 17. The SMILES string of the molecule is O=c1ccn([C@H]2C[C@H](CS(=O)CC[C@H]3O[C@@H](n4ccc(=O)[nH]c4=O)C[C@@H]3CS(=O)CC[C@H]3O[C@@H](n4ccc(=O)[nH]c4=O)C[C@@H]3CS(=O)CC[C@H]3O[C@@H](n4ccc(=O)[nH]c4=O)C[C@@H]3CS(=O)Cc3ccccc3)[C@@H](CCO)O2)c(=O)[nH]1. The molecule has 0 aliphatic carbocycles. The number of nitrogens with one attached hydrogen (secondary N) is 4. The zero-order valence-corrected chi connectivity index (χ0v) is 46.6. The molecule has 9 rings (SSSR count). The lowest BCUT2D eigenvalue weighted by molar-refractivity contribution is -0.0160. The highest BCUT2D eigenvalue weighted by Gasteiger charge is 2.43. The van der Waals surface area contributed by atoms with Crippen LogP contribution in [0.5, 0.6) is 0 Å². The van der Waals surface area contributed by atoms with E-state index >= 15 is 0 Å². The van der Waals surface area contributed by atoms with E-state index in [9.17, 15) is 60.3 Å². The molecule has 25 nitrogen and oxygen atoms in total. The van der Waals surface area contributed by atoms with Crippen LogP contribution in [0.4, 0.5) is 0 Å². The van der Waals surface area contributed by atoms with Crippen LogP contribution in [0.25, 0.3) is 0 Å². The van der Waals surface area contributed by atoms with Gasteiger partial charge in [-0.2, -0.15) is 0 Å². The second kappa shape index (κ2) is 26.9. The number of H-pyrrole nitrogens is 4. The van der Waals surface area contributed by atoms with Gasteiger partial charge in [0.15, 0.2) is 0 Å². The molecule has 4 fully saturated rings. The molecule has 16 atom stereocenters. The maximum Gasteiger partial charge on any atom is 0.330 e. The van der Waals surface area contributed by atoms with Crippen LogP contribution in [-0.4, -0.2) is 131 Å². The Labute approximate surface area is 465 Å². The van der Waals surface area contributed by atoms with Crippen molar-refractivity contribution in [1.82, 2.24) is 38.2 Å².